The molecule has 0 heterocycles. The van der Waals surface area contributed by atoms with Crippen molar-refractivity contribution >= 4 is 33.0 Å². The maximum atomic E-state index is 13.0. The average molecular weight is 299 g/mol. The van der Waals surface area contributed by atoms with Gasteiger partial charge in [-0.05, 0) is 46.3 Å². The second-order valence-electron chi connectivity index (χ2n) is 3.52. The third kappa shape index (κ3) is 2.94. The second-order valence-corrected chi connectivity index (χ2v) is 4.38. The molecule has 2 aromatic rings. The Bertz CT molecular complexity index is 538. The normalized spacial score (nSPS) is 10.3. The summed E-state index contributed by atoms with van der Waals surface area (Å²) in [4.78, 5) is 0. The molecule has 3 N–H and O–H groups in total. The summed E-state index contributed by atoms with van der Waals surface area (Å²) >= 11 is 3.31. The fraction of sp³-hybridized carbons (Fsp3) is 0. The molecule has 0 spiro atoms. The molecule has 2 aromatic carbocycles. The first-order valence-electron chi connectivity index (χ1n) is 4.83. The molecule has 2 rings (SSSR count). The van der Waals surface area contributed by atoms with E-state index in [1.807, 2.05) is 0 Å². The number of hydrogen-bond donors (Lipinski definition) is 2. The van der Waals surface area contributed by atoms with E-state index in [1.54, 1.807) is 18.2 Å². The highest BCUT2D eigenvalue weighted by Gasteiger charge is 2.04. The van der Waals surface area contributed by atoms with Gasteiger partial charge in [0.2, 0.25) is 0 Å². The van der Waals surface area contributed by atoms with Gasteiger partial charge >= 0.3 is 0 Å². The van der Waals surface area contributed by atoms with E-state index in [9.17, 15) is 8.78 Å². The summed E-state index contributed by atoms with van der Waals surface area (Å²) in [7, 11) is 0. The van der Waals surface area contributed by atoms with Crippen molar-refractivity contribution in [2.45, 2.75) is 0 Å². The Morgan fingerprint density at radius 3 is 2.24 bits per heavy atom. The number of rotatable bonds is 2. The average Bonchev–Trinajstić information content (AvgIpc) is 2.21. The molecule has 0 aliphatic carbocycles. The molecule has 2 nitrogen and oxygen atoms in total. The highest BCUT2D eigenvalue weighted by atomic mass is 79.9. The third-order valence-corrected chi connectivity index (χ3v) is 2.79. The minimum Gasteiger partial charge on any atom is -0.399 e. The second kappa shape index (κ2) is 4.71. The molecule has 5 heteroatoms. The van der Waals surface area contributed by atoms with Crippen molar-refractivity contribution in [1.29, 1.82) is 0 Å². The smallest absolute Gasteiger partial charge is 0.128 e. The molecule has 0 fully saturated rings. The predicted octanol–water partition coefficient (Wildman–Crippen LogP) is 4.05. The van der Waals surface area contributed by atoms with Crippen LogP contribution in [0.5, 0.6) is 0 Å². The van der Waals surface area contributed by atoms with Gasteiger partial charge < -0.3 is 11.1 Å². The molecule has 0 saturated carbocycles. The Kier molecular flexibility index (Phi) is 3.28. The van der Waals surface area contributed by atoms with E-state index < -0.39 is 11.6 Å². The number of hydrogen-bond acceptors (Lipinski definition) is 2. The fourth-order valence-corrected chi connectivity index (χ4v) is 1.91. The lowest BCUT2D eigenvalue weighted by Crippen LogP contribution is -1.94. The van der Waals surface area contributed by atoms with Crippen LogP contribution in [0.15, 0.2) is 40.9 Å². The van der Waals surface area contributed by atoms with Crippen molar-refractivity contribution < 1.29 is 8.78 Å². The third-order valence-electron chi connectivity index (χ3n) is 2.13. The lowest BCUT2D eigenvalue weighted by atomic mass is 10.2. The number of halogens is 3. The van der Waals surface area contributed by atoms with E-state index in [2.05, 4.69) is 21.2 Å². The van der Waals surface area contributed by atoms with E-state index >= 15 is 0 Å². The lowest BCUT2D eigenvalue weighted by Gasteiger charge is -2.09. The zero-order valence-electron chi connectivity index (χ0n) is 8.68. The summed E-state index contributed by atoms with van der Waals surface area (Å²) in [5.74, 6) is -1.25. The summed E-state index contributed by atoms with van der Waals surface area (Å²) in [5.41, 5.74) is 7.22. The summed E-state index contributed by atoms with van der Waals surface area (Å²) in [5, 5.41) is 2.90. The standard InChI is InChI=1S/C12H9BrF2N2/c13-11-6-9(16)1-2-12(11)17-10-4-7(14)3-8(15)5-10/h1-6,17H,16H2. The summed E-state index contributed by atoms with van der Waals surface area (Å²) in [6.45, 7) is 0. The maximum absolute atomic E-state index is 13.0. The zero-order valence-corrected chi connectivity index (χ0v) is 10.3. The molecular formula is C12H9BrF2N2. The van der Waals surface area contributed by atoms with Crippen LogP contribution < -0.4 is 11.1 Å². The Balaban J connectivity index is 2.31. The van der Waals surface area contributed by atoms with E-state index in [0.717, 1.165) is 10.5 Å². The number of nitrogen functional groups attached to an aromatic ring is 1. The van der Waals surface area contributed by atoms with Gasteiger partial charge in [0.25, 0.3) is 0 Å². The van der Waals surface area contributed by atoms with Crippen LogP contribution >= 0.6 is 15.9 Å². The maximum Gasteiger partial charge on any atom is 0.128 e. The minimum absolute atomic E-state index is 0.341. The van der Waals surface area contributed by atoms with Crippen LogP contribution in [0.3, 0.4) is 0 Å². The quantitative estimate of drug-likeness (QED) is 0.821. The molecule has 0 radical (unpaired) electrons. The Hall–Kier alpha value is -1.62. The molecule has 0 saturated heterocycles. The first-order chi connectivity index (χ1) is 8.04. The SMILES string of the molecule is Nc1ccc(Nc2cc(F)cc(F)c2)c(Br)c1. The van der Waals surface area contributed by atoms with Gasteiger partial charge in [-0.2, -0.15) is 0 Å². The van der Waals surface area contributed by atoms with Gasteiger partial charge in [-0.25, -0.2) is 8.78 Å². The highest BCUT2D eigenvalue weighted by molar-refractivity contribution is 9.10. The summed E-state index contributed by atoms with van der Waals surface area (Å²) in [6, 6.07) is 8.38. The minimum atomic E-state index is -0.626. The lowest BCUT2D eigenvalue weighted by molar-refractivity contribution is 0.584. The van der Waals surface area contributed by atoms with Crippen LogP contribution in [-0.2, 0) is 0 Å². The first-order valence-corrected chi connectivity index (χ1v) is 5.62. The molecule has 0 atom stereocenters. The largest absolute Gasteiger partial charge is 0.399 e. The first kappa shape index (κ1) is 11.9. The van der Waals surface area contributed by atoms with Gasteiger partial charge in [-0.15, -0.1) is 0 Å². The van der Waals surface area contributed by atoms with Crippen molar-refractivity contribution in [2.24, 2.45) is 0 Å². The molecular weight excluding hydrogens is 290 g/mol. The van der Waals surface area contributed by atoms with Crippen LogP contribution in [0.25, 0.3) is 0 Å². The van der Waals surface area contributed by atoms with Crippen molar-refractivity contribution in [1.82, 2.24) is 0 Å². The van der Waals surface area contributed by atoms with Gasteiger partial charge in [-0.1, -0.05) is 0 Å². The number of benzene rings is 2. The predicted molar refractivity (Wildman–Crippen MR) is 68.2 cm³/mol. The van der Waals surface area contributed by atoms with Crippen LogP contribution in [0.1, 0.15) is 0 Å². The Morgan fingerprint density at radius 1 is 1.00 bits per heavy atom. The molecule has 88 valence electrons. The number of nitrogens with two attached hydrogens (primary N) is 1. The summed E-state index contributed by atoms with van der Waals surface area (Å²) < 4.78 is 26.7. The topological polar surface area (TPSA) is 38.0 Å². The Labute approximate surface area is 106 Å². The number of nitrogens with one attached hydrogen (secondary N) is 1. The molecule has 0 bridgehead atoms. The van der Waals surface area contributed by atoms with E-state index in [0.29, 0.717) is 17.1 Å². The molecule has 0 amide bonds. The number of anilines is 3. The molecule has 0 aliphatic heterocycles. The van der Waals surface area contributed by atoms with Crippen molar-refractivity contribution in [3.05, 3.63) is 52.5 Å². The highest BCUT2D eigenvalue weighted by Crippen LogP contribution is 2.28. The van der Waals surface area contributed by atoms with Gasteiger partial charge in [0, 0.05) is 21.9 Å². The Morgan fingerprint density at radius 2 is 1.65 bits per heavy atom. The van der Waals surface area contributed by atoms with Gasteiger partial charge in [0.1, 0.15) is 11.6 Å². The van der Waals surface area contributed by atoms with Crippen molar-refractivity contribution in [3.8, 4) is 0 Å². The molecule has 0 aliphatic rings. The van der Waals surface area contributed by atoms with Crippen LogP contribution in [0.4, 0.5) is 25.8 Å². The van der Waals surface area contributed by atoms with E-state index in [-0.39, 0.29) is 0 Å². The molecule has 0 unspecified atom stereocenters. The zero-order chi connectivity index (χ0) is 12.4. The van der Waals surface area contributed by atoms with Gasteiger partial charge in [0.15, 0.2) is 0 Å². The van der Waals surface area contributed by atoms with Gasteiger partial charge in [0.05, 0.1) is 5.69 Å². The monoisotopic (exact) mass is 298 g/mol. The van der Waals surface area contributed by atoms with Gasteiger partial charge in [-0.3, -0.25) is 0 Å². The summed E-state index contributed by atoms with van der Waals surface area (Å²) in [6.07, 6.45) is 0. The molecule has 0 aromatic heterocycles. The van der Waals surface area contributed by atoms with E-state index in [4.69, 9.17) is 5.73 Å². The van der Waals surface area contributed by atoms with E-state index in [1.165, 1.54) is 12.1 Å². The van der Waals surface area contributed by atoms with Crippen molar-refractivity contribution in [2.75, 3.05) is 11.1 Å². The molecule has 17 heavy (non-hydrogen) atoms. The van der Waals surface area contributed by atoms with Crippen LogP contribution in [0, 0.1) is 11.6 Å². The van der Waals surface area contributed by atoms with Crippen LogP contribution in [0.2, 0.25) is 0 Å². The fourth-order valence-electron chi connectivity index (χ4n) is 1.41. The van der Waals surface area contributed by atoms with Crippen molar-refractivity contribution in [3.63, 3.8) is 0 Å². The van der Waals surface area contributed by atoms with Crippen LogP contribution in [-0.4, -0.2) is 0 Å².